The van der Waals surface area contributed by atoms with E-state index in [4.69, 9.17) is 4.74 Å². The molecule has 1 N–H and O–H groups in total. The SMILES string of the molecule is CCCOC(=O)C1CSC(C2CCCCC2)N1C(=O)NCc1ccccc1. The summed E-state index contributed by atoms with van der Waals surface area (Å²) < 4.78 is 5.38. The largest absolute Gasteiger partial charge is 0.464 e. The van der Waals surface area contributed by atoms with Crippen LogP contribution in [0.2, 0.25) is 0 Å². The molecule has 1 heterocycles. The topological polar surface area (TPSA) is 58.6 Å². The number of hydrogen-bond donors (Lipinski definition) is 1. The lowest BCUT2D eigenvalue weighted by molar-refractivity contribution is -0.148. The first-order chi connectivity index (χ1) is 13.2. The summed E-state index contributed by atoms with van der Waals surface area (Å²) in [5.74, 6) is 0.829. The van der Waals surface area contributed by atoms with Crippen molar-refractivity contribution in [3.05, 3.63) is 35.9 Å². The Morgan fingerprint density at radius 3 is 2.63 bits per heavy atom. The van der Waals surface area contributed by atoms with E-state index in [-0.39, 0.29) is 17.4 Å². The summed E-state index contributed by atoms with van der Waals surface area (Å²) in [4.78, 5) is 27.4. The Hall–Kier alpha value is -1.69. The molecule has 3 rings (SSSR count). The molecule has 1 aliphatic heterocycles. The molecule has 0 spiro atoms. The van der Waals surface area contributed by atoms with Gasteiger partial charge in [0.25, 0.3) is 0 Å². The second-order valence-corrected chi connectivity index (χ2v) is 8.51. The van der Waals surface area contributed by atoms with Crippen LogP contribution in [0.1, 0.15) is 51.0 Å². The Kier molecular flexibility index (Phi) is 7.44. The van der Waals surface area contributed by atoms with Gasteiger partial charge in [0.1, 0.15) is 6.04 Å². The van der Waals surface area contributed by atoms with Gasteiger partial charge in [-0.05, 0) is 30.7 Å². The maximum Gasteiger partial charge on any atom is 0.329 e. The van der Waals surface area contributed by atoms with Gasteiger partial charge in [-0.3, -0.25) is 4.90 Å². The van der Waals surface area contributed by atoms with E-state index < -0.39 is 6.04 Å². The van der Waals surface area contributed by atoms with E-state index in [9.17, 15) is 9.59 Å². The standard InChI is InChI=1S/C21H30N2O3S/c1-2-13-26-20(24)18-15-27-19(17-11-7-4-8-12-17)23(18)21(25)22-14-16-9-5-3-6-10-16/h3,5-6,9-10,17-19H,2,4,7-8,11-15H2,1H3,(H,22,25). The van der Waals surface area contributed by atoms with Crippen LogP contribution in [0.25, 0.3) is 0 Å². The van der Waals surface area contributed by atoms with Crippen LogP contribution in [0.4, 0.5) is 4.79 Å². The first-order valence-electron chi connectivity index (χ1n) is 10.1. The van der Waals surface area contributed by atoms with Crippen LogP contribution in [0.15, 0.2) is 30.3 Å². The maximum atomic E-state index is 13.1. The molecule has 1 saturated carbocycles. The molecule has 2 fully saturated rings. The fourth-order valence-corrected chi connectivity index (χ4v) is 5.54. The number of benzene rings is 1. The molecule has 148 valence electrons. The van der Waals surface area contributed by atoms with E-state index in [1.54, 1.807) is 16.7 Å². The lowest BCUT2D eigenvalue weighted by Crippen LogP contribution is -2.52. The number of nitrogens with one attached hydrogen (secondary N) is 1. The zero-order valence-electron chi connectivity index (χ0n) is 16.1. The molecular weight excluding hydrogens is 360 g/mol. The molecule has 2 aliphatic rings. The Morgan fingerprint density at radius 1 is 1.19 bits per heavy atom. The van der Waals surface area contributed by atoms with Gasteiger partial charge >= 0.3 is 12.0 Å². The van der Waals surface area contributed by atoms with E-state index in [1.165, 1.54) is 19.3 Å². The summed E-state index contributed by atoms with van der Waals surface area (Å²) in [5.41, 5.74) is 1.05. The quantitative estimate of drug-likeness (QED) is 0.741. The van der Waals surface area contributed by atoms with Crippen molar-refractivity contribution in [2.45, 2.75) is 63.4 Å². The molecule has 1 aromatic carbocycles. The van der Waals surface area contributed by atoms with Crippen LogP contribution in [0.5, 0.6) is 0 Å². The van der Waals surface area contributed by atoms with Crippen LogP contribution >= 0.6 is 11.8 Å². The molecule has 0 bridgehead atoms. The highest BCUT2D eigenvalue weighted by Crippen LogP contribution is 2.40. The lowest BCUT2D eigenvalue weighted by atomic mass is 9.88. The summed E-state index contributed by atoms with van der Waals surface area (Å²) in [5, 5.41) is 3.09. The molecule has 1 aromatic rings. The van der Waals surface area contributed by atoms with Gasteiger partial charge in [-0.1, -0.05) is 56.5 Å². The van der Waals surface area contributed by atoms with Crippen molar-refractivity contribution in [1.82, 2.24) is 10.2 Å². The van der Waals surface area contributed by atoms with Crippen molar-refractivity contribution in [2.75, 3.05) is 12.4 Å². The Bertz CT molecular complexity index is 619. The van der Waals surface area contributed by atoms with Crippen LogP contribution in [0, 0.1) is 5.92 Å². The third-order valence-corrected chi connectivity index (χ3v) is 6.79. The summed E-state index contributed by atoms with van der Waals surface area (Å²) in [6.45, 7) is 2.86. The van der Waals surface area contributed by atoms with Crippen molar-refractivity contribution < 1.29 is 14.3 Å². The third-order valence-electron chi connectivity index (χ3n) is 5.33. The molecule has 2 amide bonds. The Labute approximate surface area is 166 Å². The summed E-state index contributed by atoms with van der Waals surface area (Å²) in [6, 6.07) is 9.23. The van der Waals surface area contributed by atoms with E-state index in [2.05, 4.69) is 5.32 Å². The number of nitrogens with zero attached hydrogens (tertiary/aromatic N) is 1. The van der Waals surface area contributed by atoms with Gasteiger partial charge in [0.15, 0.2) is 0 Å². The average molecular weight is 391 g/mol. The summed E-state index contributed by atoms with van der Waals surface area (Å²) in [6.07, 6.45) is 6.76. The molecule has 1 saturated heterocycles. The normalized spacial score (nSPS) is 23.2. The highest BCUT2D eigenvalue weighted by atomic mass is 32.2. The number of urea groups is 1. The molecule has 6 heteroatoms. The molecule has 27 heavy (non-hydrogen) atoms. The van der Waals surface area contributed by atoms with Gasteiger partial charge in [-0.2, -0.15) is 0 Å². The average Bonchev–Trinajstić information content (AvgIpc) is 3.17. The van der Waals surface area contributed by atoms with Crippen molar-refractivity contribution in [2.24, 2.45) is 5.92 Å². The number of esters is 1. The lowest BCUT2D eigenvalue weighted by Gasteiger charge is -2.35. The minimum Gasteiger partial charge on any atom is -0.464 e. The smallest absolute Gasteiger partial charge is 0.329 e. The van der Waals surface area contributed by atoms with E-state index >= 15 is 0 Å². The zero-order chi connectivity index (χ0) is 19.1. The zero-order valence-corrected chi connectivity index (χ0v) is 16.9. The fraction of sp³-hybridized carbons (Fsp3) is 0.619. The molecular formula is C21H30N2O3S. The predicted molar refractivity (Wildman–Crippen MR) is 108 cm³/mol. The van der Waals surface area contributed by atoms with Crippen LogP contribution < -0.4 is 5.32 Å². The highest BCUT2D eigenvalue weighted by Gasteiger charge is 2.45. The van der Waals surface area contributed by atoms with Crippen molar-refractivity contribution >= 4 is 23.8 Å². The van der Waals surface area contributed by atoms with Gasteiger partial charge in [0.05, 0.1) is 12.0 Å². The molecule has 0 aromatic heterocycles. The van der Waals surface area contributed by atoms with Crippen molar-refractivity contribution in [3.63, 3.8) is 0 Å². The van der Waals surface area contributed by atoms with Gasteiger partial charge in [0.2, 0.25) is 0 Å². The number of rotatable bonds is 6. The molecule has 2 atom stereocenters. The fourth-order valence-electron chi connectivity index (χ4n) is 3.91. The second kappa shape index (κ2) is 10.0. The number of hydrogen-bond acceptors (Lipinski definition) is 4. The van der Waals surface area contributed by atoms with E-state index in [0.29, 0.717) is 24.8 Å². The predicted octanol–water partition coefficient (Wildman–Crippen LogP) is 4.17. The summed E-state index contributed by atoms with van der Waals surface area (Å²) in [7, 11) is 0. The van der Waals surface area contributed by atoms with Gasteiger partial charge < -0.3 is 10.1 Å². The second-order valence-electron chi connectivity index (χ2n) is 7.36. The number of amides is 2. The number of ether oxygens (including phenoxy) is 1. The minimum atomic E-state index is -0.482. The molecule has 5 nitrogen and oxygen atoms in total. The van der Waals surface area contributed by atoms with Crippen LogP contribution in [0.3, 0.4) is 0 Å². The van der Waals surface area contributed by atoms with E-state index in [0.717, 1.165) is 24.8 Å². The van der Waals surface area contributed by atoms with Crippen molar-refractivity contribution in [1.29, 1.82) is 0 Å². The first-order valence-corrected chi connectivity index (χ1v) is 11.1. The van der Waals surface area contributed by atoms with Crippen LogP contribution in [-0.4, -0.2) is 40.7 Å². The van der Waals surface area contributed by atoms with Gasteiger partial charge in [-0.15, -0.1) is 11.8 Å². The number of carbonyl (C=O) groups excluding carboxylic acids is 2. The maximum absolute atomic E-state index is 13.1. The highest BCUT2D eigenvalue weighted by molar-refractivity contribution is 8.00. The first kappa shape index (κ1) is 20.1. The molecule has 1 aliphatic carbocycles. The molecule has 2 unspecified atom stereocenters. The molecule has 0 radical (unpaired) electrons. The van der Waals surface area contributed by atoms with E-state index in [1.807, 2.05) is 37.3 Å². The van der Waals surface area contributed by atoms with Gasteiger partial charge in [-0.25, -0.2) is 9.59 Å². The van der Waals surface area contributed by atoms with Crippen LogP contribution in [-0.2, 0) is 16.1 Å². The summed E-state index contributed by atoms with van der Waals surface area (Å²) >= 11 is 1.74. The third kappa shape index (κ3) is 5.18. The monoisotopic (exact) mass is 390 g/mol. The van der Waals surface area contributed by atoms with Crippen molar-refractivity contribution in [3.8, 4) is 0 Å². The Morgan fingerprint density at radius 2 is 1.93 bits per heavy atom. The van der Waals surface area contributed by atoms with Gasteiger partial charge in [0, 0.05) is 12.3 Å². The number of thioether (sulfide) groups is 1. The minimum absolute atomic E-state index is 0.0697. The Balaban J connectivity index is 1.70. The number of carbonyl (C=O) groups is 2.